The first-order chi connectivity index (χ1) is 13.8. The topological polar surface area (TPSA) is 20.2 Å². The highest BCUT2D eigenvalue weighted by atomic mass is 16.3. The van der Waals surface area contributed by atoms with Gasteiger partial charge in [0, 0.05) is 6.61 Å². The number of aliphatic hydroxyl groups excluding tert-OH is 1. The van der Waals surface area contributed by atoms with Gasteiger partial charge >= 0.3 is 0 Å². The summed E-state index contributed by atoms with van der Waals surface area (Å²) >= 11 is 0. The van der Waals surface area contributed by atoms with Crippen LogP contribution in [0, 0.1) is 52.3 Å². The molecule has 4 aliphatic rings. The first-order valence-corrected chi connectivity index (χ1v) is 12.8. The van der Waals surface area contributed by atoms with E-state index in [-0.39, 0.29) is 0 Å². The molecule has 3 fully saturated rings. The molecule has 164 valence electrons. The number of allylic oxidation sites excluding steroid dienone is 4. The summed E-state index contributed by atoms with van der Waals surface area (Å²) in [6, 6.07) is 0. The van der Waals surface area contributed by atoms with E-state index in [9.17, 15) is 5.11 Å². The van der Waals surface area contributed by atoms with E-state index in [1.165, 1.54) is 57.8 Å². The lowest BCUT2D eigenvalue weighted by atomic mass is 9.47. The van der Waals surface area contributed by atoms with E-state index >= 15 is 0 Å². The second kappa shape index (κ2) is 8.18. The summed E-state index contributed by atoms with van der Waals surface area (Å²) in [6.07, 6.45) is 20.5. The Labute approximate surface area is 180 Å². The molecule has 9 atom stereocenters. The van der Waals surface area contributed by atoms with Crippen LogP contribution in [0.15, 0.2) is 23.8 Å². The van der Waals surface area contributed by atoms with Crippen molar-refractivity contribution in [3.05, 3.63) is 23.8 Å². The molecule has 1 heteroatoms. The van der Waals surface area contributed by atoms with Crippen molar-refractivity contribution in [3.63, 3.8) is 0 Å². The van der Waals surface area contributed by atoms with Crippen LogP contribution in [0.4, 0.5) is 0 Å². The molecule has 4 rings (SSSR count). The van der Waals surface area contributed by atoms with Crippen LogP contribution in [0.1, 0.15) is 92.4 Å². The molecule has 0 aliphatic heterocycles. The molecule has 0 radical (unpaired) electrons. The van der Waals surface area contributed by atoms with E-state index in [2.05, 4.69) is 52.8 Å². The zero-order chi connectivity index (χ0) is 20.8. The first-order valence-electron chi connectivity index (χ1n) is 12.8. The average molecular weight is 399 g/mol. The third kappa shape index (κ3) is 3.58. The van der Waals surface area contributed by atoms with Crippen LogP contribution in [0.25, 0.3) is 0 Å². The van der Waals surface area contributed by atoms with Gasteiger partial charge in [0.05, 0.1) is 0 Å². The molecule has 0 spiro atoms. The quantitative estimate of drug-likeness (QED) is 0.478. The lowest BCUT2D eigenvalue weighted by Gasteiger charge is -2.58. The number of rotatable bonds is 5. The van der Waals surface area contributed by atoms with E-state index in [0.717, 1.165) is 23.7 Å². The highest BCUT2D eigenvalue weighted by Gasteiger charge is 2.58. The van der Waals surface area contributed by atoms with Crippen molar-refractivity contribution in [1.82, 2.24) is 0 Å². The summed E-state index contributed by atoms with van der Waals surface area (Å²) in [5.74, 6) is 5.16. The summed E-state index contributed by atoms with van der Waals surface area (Å²) in [6.45, 7) is 12.5. The minimum absolute atomic E-state index is 0.292. The van der Waals surface area contributed by atoms with Gasteiger partial charge < -0.3 is 5.11 Å². The van der Waals surface area contributed by atoms with Gasteiger partial charge in [0.15, 0.2) is 0 Å². The molecule has 0 heterocycles. The lowest BCUT2D eigenvalue weighted by Crippen LogP contribution is -2.49. The molecule has 0 bridgehead atoms. The van der Waals surface area contributed by atoms with Gasteiger partial charge in [-0.3, -0.25) is 0 Å². The Bertz CT molecular complexity index is 647. The number of hydrogen-bond donors (Lipinski definition) is 1. The molecular formula is C28H46O. The van der Waals surface area contributed by atoms with Gasteiger partial charge in [-0.25, -0.2) is 0 Å². The van der Waals surface area contributed by atoms with Crippen LogP contribution in [-0.2, 0) is 0 Å². The van der Waals surface area contributed by atoms with E-state index in [4.69, 9.17) is 0 Å². The van der Waals surface area contributed by atoms with Gasteiger partial charge in [0.1, 0.15) is 0 Å². The summed E-state index contributed by atoms with van der Waals surface area (Å²) in [7, 11) is 0. The van der Waals surface area contributed by atoms with E-state index in [1.54, 1.807) is 0 Å². The fraction of sp³-hybridized carbons (Fsp3) is 0.857. The van der Waals surface area contributed by atoms with Crippen molar-refractivity contribution in [1.29, 1.82) is 0 Å². The predicted octanol–water partition coefficient (Wildman–Crippen LogP) is 7.41. The minimum atomic E-state index is 0.292. The van der Waals surface area contributed by atoms with Crippen LogP contribution in [-0.4, -0.2) is 11.7 Å². The van der Waals surface area contributed by atoms with Crippen molar-refractivity contribution in [2.75, 3.05) is 6.61 Å². The lowest BCUT2D eigenvalue weighted by molar-refractivity contribution is -0.0462. The molecule has 3 saturated carbocycles. The number of fused-ring (bicyclic) bond motifs is 5. The second-order valence-corrected chi connectivity index (χ2v) is 12.0. The van der Waals surface area contributed by atoms with Crippen LogP contribution >= 0.6 is 0 Å². The highest BCUT2D eigenvalue weighted by Crippen LogP contribution is 2.67. The maximum absolute atomic E-state index is 9.45. The fourth-order valence-electron chi connectivity index (χ4n) is 8.44. The summed E-state index contributed by atoms with van der Waals surface area (Å²) in [5, 5.41) is 9.45. The monoisotopic (exact) mass is 398 g/mol. The Morgan fingerprint density at radius 1 is 1.03 bits per heavy atom. The Kier molecular flexibility index (Phi) is 6.11. The minimum Gasteiger partial charge on any atom is -0.396 e. The van der Waals surface area contributed by atoms with Crippen LogP contribution in [0.5, 0.6) is 0 Å². The zero-order valence-corrected chi connectivity index (χ0v) is 19.8. The van der Waals surface area contributed by atoms with Crippen molar-refractivity contribution in [3.8, 4) is 0 Å². The molecule has 0 aromatic carbocycles. The van der Waals surface area contributed by atoms with Gasteiger partial charge in [-0.1, -0.05) is 64.8 Å². The molecular weight excluding hydrogens is 352 g/mol. The molecule has 3 unspecified atom stereocenters. The summed E-state index contributed by atoms with van der Waals surface area (Å²) in [5.41, 5.74) is 2.90. The van der Waals surface area contributed by atoms with E-state index < -0.39 is 0 Å². The van der Waals surface area contributed by atoms with Crippen LogP contribution in [0.2, 0.25) is 0 Å². The fourth-order valence-corrected chi connectivity index (χ4v) is 8.44. The van der Waals surface area contributed by atoms with Gasteiger partial charge in [0.2, 0.25) is 0 Å². The van der Waals surface area contributed by atoms with Crippen molar-refractivity contribution in [2.45, 2.75) is 92.4 Å². The largest absolute Gasteiger partial charge is 0.396 e. The van der Waals surface area contributed by atoms with E-state index in [0.29, 0.717) is 35.2 Å². The van der Waals surface area contributed by atoms with Gasteiger partial charge in [0.25, 0.3) is 0 Å². The SMILES string of the molecule is CC(C=CC(C)[C@H]1CC[C@H]2[C@@H]3CC=C4CCCC[C@]4(C)[C@H]3CC[C@]12C)C(C)CO. The standard InChI is InChI=1S/C28H46O/c1-19(21(3)18-29)9-10-20(2)24-13-14-25-23-12-11-22-8-6-7-16-27(22,4)26(23)15-17-28(24,25)5/h9-11,19-21,23-26,29H,6-8,12-18H2,1-5H3/t19?,20?,21?,23-,24+,25-,26-,27-,28+/m0/s1. The van der Waals surface area contributed by atoms with Crippen molar-refractivity contribution in [2.24, 2.45) is 52.3 Å². The molecule has 4 aliphatic carbocycles. The molecule has 1 nitrogen and oxygen atoms in total. The van der Waals surface area contributed by atoms with Crippen LogP contribution in [0.3, 0.4) is 0 Å². The number of hydrogen-bond acceptors (Lipinski definition) is 1. The summed E-state index contributed by atoms with van der Waals surface area (Å²) in [4.78, 5) is 0. The normalized spacial score (nSPS) is 45.1. The smallest absolute Gasteiger partial charge is 0.0462 e. The summed E-state index contributed by atoms with van der Waals surface area (Å²) < 4.78 is 0. The Morgan fingerprint density at radius 2 is 1.83 bits per heavy atom. The zero-order valence-electron chi connectivity index (χ0n) is 19.8. The Balaban J connectivity index is 1.51. The molecule has 0 saturated heterocycles. The molecule has 0 amide bonds. The van der Waals surface area contributed by atoms with Crippen LogP contribution < -0.4 is 0 Å². The molecule has 0 aromatic rings. The first kappa shape index (κ1) is 21.7. The van der Waals surface area contributed by atoms with E-state index in [1.807, 2.05) is 5.57 Å². The van der Waals surface area contributed by atoms with Crippen molar-refractivity contribution >= 4 is 0 Å². The van der Waals surface area contributed by atoms with Gasteiger partial charge in [-0.05, 0) is 104 Å². The maximum Gasteiger partial charge on any atom is 0.0462 e. The Morgan fingerprint density at radius 3 is 2.59 bits per heavy atom. The molecule has 0 aromatic heterocycles. The maximum atomic E-state index is 9.45. The predicted molar refractivity (Wildman–Crippen MR) is 124 cm³/mol. The van der Waals surface area contributed by atoms with Gasteiger partial charge in [-0.2, -0.15) is 0 Å². The average Bonchev–Trinajstić information content (AvgIpc) is 3.08. The molecule has 29 heavy (non-hydrogen) atoms. The highest BCUT2D eigenvalue weighted by molar-refractivity contribution is 5.24. The van der Waals surface area contributed by atoms with Gasteiger partial charge in [-0.15, -0.1) is 0 Å². The third-order valence-corrected chi connectivity index (χ3v) is 10.6. The third-order valence-electron chi connectivity index (χ3n) is 10.6. The molecule has 1 N–H and O–H groups in total. The van der Waals surface area contributed by atoms with Crippen molar-refractivity contribution < 1.29 is 5.11 Å². The Hall–Kier alpha value is -0.560. The second-order valence-electron chi connectivity index (χ2n) is 12.0. The number of aliphatic hydroxyl groups is 1.